The van der Waals surface area contributed by atoms with Crippen LogP contribution in [-0.2, 0) is 6.54 Å². The Balaban J connectivity index is 1.80. The van der Waals surface area contributed by atoms with Gasteiger partial charge in [0, 0.05) is 31.2 Å². The molecule has 1 amide bonds. The summed E-state index contributed by atoms with van der Waals surface area (Å²) in [6.45, 7) is 0.523. The van der Waals surface area contributed by atoms with Gasteiger partial charge in [0.05, 0.1) is 5.56 Å². The summed E-state index contributed by atoms with van der Waals surface area (Å²) in [7, 11) is 0. The molecule has 0 N–H and O–H groups in total. The van der Waals surface area contributed by atoms with Crippen LogP contribution in [0.1, 0.15) is 28.8 Å². The summed E-state index contributed by atoms with van der Waals surface area (Å²) in [6, 6.07) is 6.75. The van der Waals surface area contributed by atoms with Gasteiger partial charge in [-0.3, -0.25) is 9.78 Å². The van der Waals surface area contributed by atoms with Gasteiger partial charge in [-0.05, 0) is 36.6 Å². The van der Waals surface area contributed by atoms with E-state index in [1.807, 2.05) is 17.0 Å². The van der Waals surface area contributed by atoms with E-state index >= 15 is 0 Å². The Morgan fingerprint density at radius 2 is 2.15 bits per heavy atom. The molecule has 0 saturated heterocycles. The smallest absolute Gasteiger partial charge is 0.255 e. The van der Waals surface area contributed by atoms with Crippen LogP contribution in [0.5, 0.6) is 0 Å². The zero-order valence-corrected chi connectivity index (χ0v) is 10.9. The fourth-order valence-electron chi connectivity index (χ4n) is 2.11. The van der Waals surface area contributed by atoms with Crippen molar-refractivity contribution in [1.82, 2.24) is 14.9 Å². The van der Waals surface area contributed by atoms with E-state index < -0.39 is 5.95 Å². The van der Waals surface area contributed by atoms with Crippen LogP contribution in [0.2, 0.25) is 0 Å². The summed E-state index contributed by atoms with van der Waals surface area (Å²) in [4.78, 5) is 21.9. The molecule has 4 nitrogen and oxygen atoms in total. The second kappa shape index (κ2) is 5.36. The molecule has 0 spiro atoms. The van der Waals surface area contributed by atoms with Crippen LogP contribution in [0.3, 0.4) is 0 Å². The number of hydrogen-bond acceptors (Lipinski definition) is 3. The third-order valence-electron chi connectivity index (χ3n) is 3.30. The summed E-state index contributed by atoms with van der Waals surface area (Å²) in [6.07, 6.45) is 6.78. The van der Waals surface area contributed by atoms with Crippen molar-refractivity contribution in [1.29, 1.82) is 0 Å². The highest BCUT2D eigenvalue weighted by Crippen LogP contribution is 2.29. The summed E-state index contributed by atoms with van der Waals surface area (Å²) in [5.74, 6) is -0.685. The number of carbonyl (C=O) groups excluding carboxylic acids is 1. The van der Waals surface area contributed by atoms with Crippen molar-refractivity contribution in [3.8, 4) is 0 Å². The lowest BCUT2D eigenvalue weighted by Gasteiger charge is -2.22. The normalized spacial score (nSPS) is 14.1. The highest BCUT2D eigenvalue weighted by molar-refractivity contribution is 5.94. The van der Waals surface area contributed by atoms with E-state index in [2.05, 4.69) is 9.97 Å². The molecule has 2 aromatic rings. The predicted octanol–water partition coefficient (Wildman–Crippen LogP) is 2.42. The van der Waals surface area contributed by atoms with Crippen molar-refractivity contribution in [2.45, 2.75) is 25.4 Å². The number of aromatic nitrogens is 2. The SMILES string of the molecule is O=C(c1ccc(F)nc1)N(Cc1cccnc1)C1CC1. The number of halogens is 1. The van der Waals surface area contributed by atoms with Gasteiger partial charge in [-0.2, -0.15) is 4.39 Å². The molecule has 3 rings (SSSR count). The summed E-state index contributed by atoms with van der Waals surface area (Å²) < 4.78 is 12.8. The molecule has 102 valence electrons. The maximum absolute atomic E-state index is 12.8. The fourth-order valence-corrected chi connectivity index (χ4v) is 2.11. The number of nitrogens with zero attached hydrogens (tertiary/aromatic N) is 3. The molecular formula is C15H14FN3O. The van der Waals surface area contributed by atoms with Crippen LogP contribution in [0.15, 0.2) is 42.9 Å². The van der Waals surface area contributed by atoms with Gasteiger partial charge in [0.25, 0.3) is 5.91 Å². The van der Waals surface area contributed by atoms with Crippen molar-refractivity contribution >= 4 is 5.91 Å². The monoisotopic (exact) mass is 271 g/mol. The van der Waals surface area contributed by atoms with Crippen LogP contribution < -0.4 is 0 Å². The van der Waals surface area contributed by atoms with Crippen LogP contribution in [0, 0.1) is 5.95 Å². The van der Waals surface area contributed by atoms with Crippen molar-refractivity contribution in [2.75, 3.05) is 0 Å². The zero-order chi connectivity index (χ0) is 13.9. The molecule has 1 fully saturated rings. The lowest BCUT2D eigenvalue weighted by molar-refractivity contribution is 0.0729. The summed E-state index contributed by atoms with van der Waals surface area (Å²) >= 11 is 0. The average Bonchev–Trinajstić information content (AvgIpc) is 3.30. The Morgan fingerprint density at radius 3 is 2.75 bits per heavy atom. The maximum Gasteiger partial charge on any atom is 0.255 e. The number of rotatable bonds is 4. The van der Waals surface area contributed by atoms with Gasteiger partial charge in [0.1, 0.15) is 0 Å². The van der Waals surface area contributed by atoms with Crippen LogP contribution in [0.4, 0.5) is 4.39 Å². The van der Waals surface area contributed by atoms with Crippen molar-refractivity contribution in [3.05, 3.63) is 59.9 Å². The minimum Gasteiger partial charge on any atom is -0.331 e. The molecule has 2 aromatic heterocycles. The molecule has 0 radical (unpaired) electrons. The number of pyridine rings is 2. The van der Waals surface area contributed by atoms with Gasteiger partial charge in [-0.15, -0.1) is 0 Å². The molecule has 0 unspecified atom stereocenters. The minimum absolute atomic E-state index is 0.108. The molecule has 0 aliphatic heterocycles. The average molecular weight is 271 g/mol. The Morgan fingerprint density at radius 1 is 1.30 bits per heavy atom. The molecule has 0 aromatic carbocycles. The first kappa shape index (κ1) is 12.7. The molecule has 1 aliphatic carbocycles. The first-order valence-corrected chi connectivity index (χ1v) is 6.55. The van der Waals surface area contributed by atoms with E-state index in [1.165, 1.54) is 18.3 Å². The largest absolute Gasteiger partial charge is 0.331 e. The Hall–Kier alpha value is -2.30. The van der Waals surface area contributed by atoms with Crippen LogP contribution in [0.25, 0.3) is 0 Å². The molecule has 0 atom stereocenters. The first-order valence-electron chi connectivity index (χ1n) is 6.55. The van der Waals surface area contributed by atoms with E-state index in [1.54, 1.807) is 12.4 Å². The second-order valence-electron chi connectivity index (χ2n) is 4.90. The van der Waals surface area contributed by atoms with Crippen molar-refractivity contribution in [3.63, 3.8) is 0 Å². The molecule has 1 saturated carbocycles. The highest BCUT2D eigenvalue weighted by Gasteiger charge is 2.33. The fraction of sp³-hybridized carbons (Fsp3) is 0.267. The molecule has 1 aliphatic rings. The minimum atomic E-state index is -0.577. The van der Waals surface area contributed by atoms with E-state index in [0.29, 0.717) is 12.1 Å². The van der Waals surface area contributed by atoms with Gasteiger partial charge in [0.2, 0.25) is 5.95 Å². The van der Waals surface area contributed by atoms with Crippen LogP contribution >= 0.6 is 0 Å². The van der Waals surface area contributed by atoms with E-state index in [-0.39, 0.29) is 11.9 Å². The summed E-state index contributed by atoms with van der Waals surface area (Å²) in [5, 5.41) is 0. The lowest BCUT2D eigenvalue weighted by atomic mass is 10.2. The number of carbonyl (C=O) groups is 1. The second-order valence-corrected chi connectivity index (χ2v) is 4.90. The van der Waals surface area contributed by atoms with Gasteiger partial charge < -0.3 is 4.90 Å². The maximum atomic E-state index is 12.8. The first-order chi connectivity index (χ1) is 9.74. The van der Waals surface area contributed by atoms with E-state index in [0.717, 1.165) is 18.4 Å². The Bertz CT molecular complexity index is 596. The third kappa shape index (κ3) is 2.82. The zero-order valence-electron chi connectivity index (χ0n) is 10.9. The third-order valence-corrected chi connectivity index (χ3v) is 3.30. The topological polar surface area (TPSA) is 46.1 Å². The molecule has 0 bridgehead atoms. The molecule has 20 heavy (non-hydrogen) atoms. The summed E-state index contributed by atoms with van der Waals surface area (Å²) in [5.41, 5.74) is 1.41. The molecular weight excluding hydrogens is 257 g/mol. The highest BCUT2D eigenvalue weighted by atomic mass is 19.1. The standard InChI is InChI=1S/C15H14FN3O/c16-14-6-3-12(9-18-14)15(20)19(13-4-5-13)10-11-2-1-7-17-8-11/h1-3,6-9,13H,4-5,10H2. The predicted molar refractivity (Wildman–Crippen MR) is 71.3 cm³/mol. The Labute approximate surface area is 116 Å². The number of hydrogen-bond donors (Lipinski definition) is 0. The Kier molecular flexibility index (Phi) is 3.41. The number of amides is 1. The van der Waals surface area contributed by atoms with Gasteiger partial charge in [-0.1, -0.05) is 6.07 Å². The van der Waals surface area contributed by atoms with Gasteiger partial charge in [-0.25, -0.2) is 4.98 Å². The van der Waals surface area contributed by atoms with E-state index in [9.17, 15) is 9.18 Å². The van der Waals surface area contributed by atoms with E-state index in [4.69, 9.17) is 0 Å². The lowest BCUT2D eigenvalue weighted by Crippen LogP contribution is -2.32. The quantitative estimate of drug-likeness (QED) is 0.802. The molecule has 2 heterocycles. The molecule has 5 heteroatoms. The van der Waals surface area contributed by atoms with Crippen LogP contribution in [-0.4, -0.2) is 26.8 Å². The van der Waals surface area contributed by atoms with Gasteiger partial charge >= 0.3 is 0 Å². The van der Waals surface area contributed by atoms with Crippen molar-refractivity contribution < 1.29 is 9.18 Å². The van der Waals surface area contributed by atoms with Gasteiger partial charge in [0.15, 0.2) is 0 Å². The van der Waals surface area contributed by atoms with Crippen molar-refractivity contribution in [2.24, 2.45) is 0 Å².